The number of carbonyl (C=O) groups excluding carboxylic acids is 2. The van der Waals surface area contributed by atoms with Crippen molar-refractivity contribution in [3.05, 3.63) is 58.6 Å². The Bertz CT molecular complexity index is 743. The van der Waals surface area contributed by atoms with Gasteiger partial charge in [-0.15, -0.1) is 0 Å². The molecule has 2 aromatic carbocycles. The first kappa shape index (κ1) is 17.8. The summed E-state index contributed by atoms with van der Waals surface area (Å²) >= 11 is 6.02. The standard InChI is InChI=1S/C18H18ClNO4/c1-11-4-7-14(10-16(11)19)20-17(21)12(2)24-18(22)13-5-8-15(23-3)9-6-13/h4-10,12H,1-3H3,(H,20,21)/t12-/m1/s1. The second kappa shape index (κ2) is 7.84. The van der Waals surface area contributed by atoms with Crippen LogP contribution in [-0.2, 0) is 9.53 Å². The third kappa shape index (κ3) is 4.49. The maximum absolute atomic E-state index is 12.1. The number of rotatable bonds is 5. The zero-order valence-electron chi connectivity index (χ0n) is 13.6. The number of hydrogen-bond donors (Lipinski definition) is 1. The number of aryl methyl sites for hydroxylation is 1. The van der Waals surface area contributed by atoms with Gasteiger partial charge in [-0.1, -0.05) is 17.7 Å². The molecule has 2 aromatic rings. The molecule has 0 aliphatic heterocycles. The lowest BCUT2D eigenvalue weighted by Crippen LogP contribution is -2.30. The lowest BCUT2D eigenvalue weighted by atomic mass is 10.2. The minimum absolute atomic E-state index is 0.342. The summed E-state index contributed by atoms with van der Waals surface area (Å²) in [6.07, 6.45) is -0.945. The van der Waals surface area contributed by atoms with Gasteiger partial charge in [0.05, 0.1) is 12.7 Å². The number of anilines is 1. The molecule has 6 heteroatoms. The van der Waals surface area contributed by atoms with Crippen LogP contribution in [-0.4, -0.2) is 25.1 Å². The van der Waals surface area contributed by atoms with Crippen LogP contribution in [0, 0.1) is 6.92 Å². The largest absolute Gasteiger partial charge is 0.497 e. The second-order valence-corrected chi connectivity index (χ2v) is 5.64. The highest BCUT2D eigenvalue weighted by atomic mass is 35.5. The molecule has 1 amide bonds. The van der Waals surface area contributed by atoms with Crippen molar-refractivity contribution >= 4 is 29.2 Å². The molecule has 0 fully saturated rings. The van der Waals surface area contributed by atoms with Gasteiger partial charge < -0.3 is 14.8 Å². The molecule has 0 aliphatic rings. The Morgan fingerprint density at radius 1 is 1.12 bits per heavy atom. The van der Waals surface area contributed by atoms with Crippen molar-refractivity contribution in [2.75, 3.05) is 12.4 Å². The van der Waals surface area contributed by atoms with Crippen molar-refractivity contribution in [1.29, 1.82) is 0 Å². The third-order valence-corrected chi connectivity index (χ3v) is 3.83. The van der Waals surface area contributed by atoms with E-state index in [9.17, 15) is 9.59 Å². The average molecular weight is 348 g/mol. The van der Waals surface area contributed by atoms with E-state index in [1.54, 1.807) is 42.5 Å². The van der Waals surface area contributed by atoms with Crippen molar-refractivity contribution in [3.8, 4) is 5.75 Å². The Morgan fingerprint density at radius 2 is 1.79 bits per heavy atom. The number of carbonyl (C=O) groups is 2. The fraction of sp³-hybridized carbons (Fsp3) is 0.222. The van der Waals surface area contributed by atoms with Gasteiger partial charge in [0.15, 0.2) is 6.10 Å². The Kier molecular flexibility index (Phi) is 5.82. The summed E-state index contributed by atoms with van der Waals surface area (Å²) in [5.74, 6) is -0.382. The topological polar surface area (TPSA) is 64.6 Å². The predicted molar refractivity (Wildman–Crippen MR) is 92.7 cm³/mol. The number of methoxy groups -OCH3 is 1. The molecule has 126 valence electrons. The molecule has 0 aliphatic carbocycles. The van der Waals surface area contributed by atoms with Crippen LogP contribution in [0.1, 0.15) is 22.8 Å². The van der Waals surface area contributed by atoms with Crippen molar-refractivity contribution in [2.45, 2.75) is 20.0 Å². The van der Waals surface area contributed by atoms with Gasteiger partial charge in [0, 0.05) is 10.7 Å². The molecular weight excluding hydrogens is 330 g/mol. The number of benzene rings is 2. The van der Waals surface area contributed by atoms with Gasteiger partial charge in [-0.2, -0.15) is 0 Å². The Hall–Kier alpha value is -2.53. The molecular formula is C18H18ClNO4. The number of esters is 1. The Balaban J connectivity index is 1.97. The fourth-order valence-corrected chi connectivity index (χ4v) is 2.10. The Labute approximate surface area is 145 Å². The minimum atomic E-state index is -0.945. The third-order valence-electron chi connectivity index (χ3n) is 3.42. The van der Waals surface area contributed by atoms with Gasteiger partial charge in [-0.25, -0.2) is 4.79 Å². The summed E-state index contributed by atoms with van der Waals surface area (Å²) in [6, 6.07) is 11.6. The van der Waals surface area contributed by atoms with Crippen LogP contribution in [0.15, 0.2) is 42.5 Å². The van der Waals surface area contributed by atoms with Gasteiger partial charge in [0.1, 0.15) is 5.75 Å². The molecule has 5 nitrogen and oxygen atoms in total. The molecule has 2 rings (SSSR count). The van der Waals surface area contributed by atoms with E-state index in [4.69, 9.17) is 21.1 Å². The van der Waals surface area contributed by atoms with E-state index >= 15 is 0 Å². The first-order valence-electron chi connectivity index (χ1n) is 7.32. The second-order valence-electron chi connectivity index (χ2n) is 5.23. The molecule has 0 radical (unpaired) electrons. The molecule has 0 aromatic heterocycles. The molecule has 1 N–H and O–H groups in total. The van der Waals surface area contributed by atoms with Crippen LogP contribution in [0.4, 0.5) is 5.69 Å². The number of amides is 1. The van der Waals surface area contributed by atoms with Crippen molar-refractivity contribution in [1.82, 2.24) is 0 Å². The van der Waals surface area contributed by atoms with E-state index in [0.29, 0.717) is 22.0 Å². The Morgan fingerprint density at radius 3 is 2.38 bits per heavy atom. The number of ether oxygens (including phenoxy) is 2. The van der Waals surface area contributed by atoms with E-state index in [-0.39, 0.29) is 0 Å². The maximum atomic E-state index is 12.1. The molecule has 0 heterocycles. The summed E-state index contributed by atoms with van der Waals surface area (Å²) in [4.78, 5) is 24.2. The van der Waals surface area contributed by atoms with E-state index in [0.717, 1.165) is 5.56 Å². The maximum Gasteiger partial charge on any atom is 0.338 e. The van der Waals surface area contributed by atoms with Gasteiger partial charge in [0.25, 0.3) is 5.91 Å². The zero-order valence-corrected chi connectivity index (χ0v) is 14.4. The van der Waals surface area contributed by atoms with Crippen LogP contribution >= 0.6 is 11.6 Å². The fourth-order valence-electron chi connectivity index (χ4n) is 1.92. The van der Waals surface area contributed by atoms with Crippen LogP contribution in [0.25, 0.3) is 0 Å². The first-order chi connectivity index (χ1) is 11.4. The monoisotopic (exact) mass is 347 g/mol. The van der Waals surface area contributed by atoms with Crippen LogP contribution in [0.5, 0.6) is 5.75 Å². The molecule has 0 saturated heterocycles. The molecule has 0 bridgehead atoms. The smallest absolute Gasteiger partial charge is 0.338 e. The highest BCUT2D eigenvalue weighted by Gasteiger charge is 2.19. The van der Waals surface area contributed by atoms with Gasteiger partial charge >= 0.3 is 5.97 Å². The van der Waals surface area contributed by atoms with Crippen molar-refractivity contribution in [2.24, 2.45) is 0 Å². The van der Waals surface area contributed by atoms with Gasteiger partial charge in [-0.05, 0) is 55.8 Å². The highest BCUT2D eigenvalue weighted by Crippen LogP contribution is 2.20. The summed E-state index contributed by atoms with van der Waals surface area (Å²) < 4.78 is 10.2. The average Bonchev–Trinajstić information content (AvgIpc) is 2.58. The molecule has 0 unspecified atom stereocenters. The lowest BCUT2D eigenvalue weighted by Gasteiger charge is -2.14. The number of halogens is 1. The lowest BCUT2D eigenvalue weighted by molar-refractivity contribution is -0.123. The summed E-state index contributed by atoms with van der Waals surface area (Å²) in [6.45, 7) is 3.37. The van der Waals surface area contributed by atoms with Gasteiger partial charge in [0.2, 0.25) is 0 Å². The molecule has 1 atom stereocenters. The van der Waals surface area contributed by atoms with Crippen LogP contribution < -0.4 is 10.1 Å². The normalized spacial score (nSPS) is 11.5. The summed E-state index contributed by atoms with van der Waals surface area (Å²) in [5, 5.41) is 3.22. The van der Waals surface area contributed by atoms with E-state index < -0.39 is 18.0 Å². The molecule has 24 heavy (non-hydrogen) atoms. The summed E-state index contributed by atoms with van der Waals surface area (Å²) in [5.41, 5.74) is 1.80. The van der Waals surface area contributed by atoms with E-state index in [1.807, 2.05) is 6.92 Å². The predicted octanol–water partition coefficient (Wildman–Crippen LogP) is 3.84. The SMILES string of the molecule is COc1ccc(C(=O)O[C@H](C)C(=O)Nc2ccc(C)c(Cl)c2)cc1. The molecule has 0 spiro atoms. The minimum Gasteiger partial charge on any atom is -0.497 e. The van der Waals surface area contributed by atoms with Crippen LogP contribution in [0.2, 0.25) is 5.02 Å². The number of hydrogen-bond acceptors (Lipinski definition) is 4. The highest BCUT2D eigenvalue weighted by molar-refractivity contribution is 6.31. The van der Waals surface area contributed by atoms with E-state index in [2.05, 4.69) is 5.32 Å². The van der Waals surface area contributed by atoms with E-state index in [1.165, 1.54) is 14.0 Å². The van der Waals surface area contributed by atoms with Crippen molar-refractivity contribution < 1.29 is 19.1 Å². The summed E-state index contributed by atoms with van der Waals surface area (Å²) in [7, 11) is 1.54. The number of nitrogens with one attached hydrogen (secondary N) is 1. The van der Waals surface area contributed by atoms with Crippen LogP contribution in [0.3, 0.4) is 0 Å². The first-order valence-corrected chi connectivity index (χ1v) is 7.70. The quantitative estimate of drug-likeness (QED) is 0.834. The molecule has 0 saturated carbocycles. The zero-order chi connectivity index (χ0) is 17.7. The van der Waals surface area contributed by atoms with Gasteiger partial charge in [-0.3, -0.25) is 4.79 Å². The van der Waals surface area contributed by atoms with Crippen molar-refractivity contribution in [3.63, 3.8) is 0 Å².